The molecule has 3 aliphatic carbocycles. The second kappa shape index (κ2) is 6.41. The molecule has 0 radical (unpaired) electrons. The Morgan fingerprint density at radius 1 is 1.14 bits per heavy atom. The molecule has 3 saturated carbocycles. The molecule has 0 aliphatic heterocycles. The van der Waals surface area contributed by atoms with E-state index in [2.05, 4.69) is 29.6 Å². The first-order valence-electron chi connectivity index (χ1n) is 8.81. The van der Waals surface area contributed by atoms with Gasteiger partial charge in [0.15, 0.2) is 5.11 Å². The van der Waals surface area contributed by atoms with Crippen molar-refractivity contribution in [1.29, 1.82) is 0 Å². The number of hydrogen-bond acceptors (Lipinski definition) is 2. The third-order valence-electron chi connectivity index (χ3n) is 6.37. The minimum absolute atomic E-state index is 0.304. The molecule has 2 bridgehead atoms. The third-order valence-corrected chi connectivity index (χ3v) is 6.63. The molecule has 0 aromatic heterocycles. The van der Waals surface area contributed by atoms with E-state index in [4.69, 9.17) is 12.2 Å². The van der Waals surface area contributed by atoms with Crippen LogP contribution in [-0.2, 0) is 0 Å². The summed E-state index contributed by atoms with van der Waals surface area (Å²) in [7, 11) is 4.44. The lowest BCUT2D eigenvalue weighted by Crippen LogP contribution is -2.56. The number of nitrogens with zero attached hydrogens (tertiary/aromatic N) is 1. The summed E-state index contributed by atoms with van der Waals surface area (Å²) in [5.74, 6) is 1.86. The van der Waals surface area contributed by atoms with E-state index in [9.17, 15) is 0 Å². The van der Waals surface area contributed by atoms with Gasteiger partial charge in [-0.3, -0.25) is 0 Å². The lowest BCUT2D eigenvalue weighted by atomic mass is 9.80. The smallest absolute Gasteiger partial charge is 0.166 e. The molecule has 120 valence electrons. The number of fused-ring (bicyclic) bond motifs is 2. The number of hydrogen-bond donors (Lipinski definition) is 2. The van der Waals surface area contributed by atoms with Crippen molar-refractivity contribution in [3.8, 4) is 0 Å². The molecule has 3 rings (SSSR count). The van der Waals surface area contributed by atoms with Gasteiger partial charge in [-0.25, -0.2) is 0 Å². The van der Waals surface area contributed by atoms with Crippen molar-refractivity contribution in [3.63, 3.8) is 0 Å². The number of likely N-dealkylation sites (N-methyl/N-ethyl adjacent to an activating group) is 1. The highest BCUT2D eigenvalue weighted by Gasteiger charge is 2.40. The van der Waals surface area contributed by atoms with Gasteiger partial charge in [0.1, 0.15) is 0 Å². The van der Waals surface area contributed by atoms with Crippen LogP contribution >= 0.6 is 12.2 Å². The maximum absolute atomic E-state index is 5.57. The lowest BCUT2D eigenvalue weighted by molar-refractivity contribution is 0.104. The van der Waals surface area contributed by atoms with Crippen molar-refractivity contribution < 1.29 is 0 Å². The normalized spacial score (nSPS) is 34.1. The average molecular weight is 310 g/mol. The minimum atomic E-state index is 0.304. The molecule has 21 heavy (non-hydrogen) atoms. The zero-order chi connectivity index (χ0) is 14.9. The molecular weight excluding hydrogens is 278 g/mol. The molecule has 0 amide bonds. The Hall–Kier alpha value is -0.350. The van der Waals surface area contributed by atoms with Gasteiger partial charge in [0.25, 0.3) is 0 Å². The average Bonchev–Trinajstić information content (AvgIpc) is 3.08. The zero-order valence-electron chi connectivity index (χ0n) is 13.7. The molecule has 0 heterocycles. The van der Waals surface area contributed by atoms with Crippen molar-refractivity contribution in [2.24, 2.45) is 11.8 Å². The van der Waals surface area contributed by atoms with Crippen LogP contribution in [0.1, 0.15) is 57.8 Å². The Kier molecular flexibility index (Phi) is 4.75. The Labute approximate surface area is 135 Å². The van der Waals surface area contributed by atoms with E-state index in [1.165, 1.54) is 57.8 Å². The maximum Gasteiger partial charge on any atom is 0.166 e. The van der Waals surface area contributed by atoms with Gasteiger partial charge in [-0.1, -0.05) is 25.7 Å². The molecule has 4 heteroatoms. The van der Waals surface area contributed by atoms with Crippen molar-refractivity contribution >= 4 is 17.3 Å². The van der Waals surface area contributed by atoms with Crippen LogP contribution in [0.3, 0.4) is 0 Å². The summed E-state index contributed by atoms with van der Waals surface area (Å²) in [5.41, 5.74) is 0.304. The molecule has 0 unspecified atom stereocenters. The van der Waals surface area contributed by atoms with Gasteiger partial charge in [-0.2, -0.15) is 0 Å². The van der Waals surface area contributed by atoms with Crippen molar-refractivity contribution in [1.82, 2.24) is 15.5 Å². The van der Waals surface area contributed by atoms with Gasteiger partial charge in [-0.15, -0.1) is 0 Å². The summed E-state index contributed by atoms with van der Waals surface area (Å²) >= 11 is 5.57. The van der Waals surface area contributed by atoms with Gasteiger partial charge in [0.05, 0.1) is 0 Å². The maximum atomic E-state index is 5.57. The second-order valence-corrected chi connectivity index (χ2v) is 8.20. The fourth-order valence-electron chi connectivity index (χ4n) is 4.88. The van der Waals surface area contributed by atoms with E-state index < -0.39 is 0 Å². The van der Waals surface area contributed by atoms with Crippen LogP contribution in [0.2, 0.25) is 0 Å². The van der Waals surface area contributed by atoms with Crippen molar-refractivity contribution in [3.05, 3.63) is 0 Å². The van der Waals surface area contributed by atoms with Crippen LogP contribution in [0, 0.1) is 11.8 Å². The minimum Gasteiger partial charge on any atom is -0.361 e. The molecule has 3 fully saturated rings. The van der Waals surface area contributed by atoms with Crippen LogP contribution in [0.25, 0.3) is 0 Å². The summed E-state index contributed by atoms with van der Waals surface area (Å²) in [6.45, 7) is 0.993. The summed E-state index contributed by atoms with van der Waals surface area (Å²) < 4.78 is 0. The molecule has 0 saturated heterocycles. The number of thiocarbonyl (C=S) groups is 1. The Balaban J connectivity index is 1.48. The zero-order valence-corrected chi connectivity index (χ0v) is 14.5. The summed E-state index contributed by atoms with van der Waals surface area (Å²) in [6, 6.07) is 0.644. The Morgan fingerprint density at radius 2 is 1.90 bits per heavy atom. The van der Waals surface area contributed by atoms with Crippen LogP contribution in [0.5, 0.6) is 0 Å². The highest BCUT2D eigenvalue weighted by molar-refractivity contribution is 7.80. The van der Waals surface area contributed by atoms with E-state index in [-0.39, 0.29) is 0 Å². The van der Waals surface area contributed by atoms with E-state index in [1.54, 1.807) is 0 Å². The molecule has 2 N–H and O–H groups in total. The quantitative estimate of drug-likeness (QED) is 0.781. The molecular formula is C17H31N3S. The Morgan fingerprint density at radius 3 is 2.48 bits per heavy atom. The van der Waals surface area contributed by atoms with Gasteiger partial charge in [0, 0.05) is 18.1 Å². The van der Waals surface area contributed by atoms with Gasteiger partial charge >= 0.3 is 0 Å². The highest BCUT2D eigenvalue weighted by atomic mass is 32.1. The largest absolute Gasteiger partial charge is 0.361 e. The van der Waals surface area contributed by atoms with Crippen LogP contribution in [0.15, 0.2) is 0 Å². The topological polar surface area (TPSA) is 27.3 Å². The first kappa shape index (κ1) is 15.5. The summed E-state index contributed by atoms with van der Waals surface area (Å²) in [6.07, 6.45) is 12.3. The first-order chi connectivity index (χ1) is 10.1. The second-order valence-electron chi connectivity index (χ2n) is 7.79. The van der Waals surface area contributed by atoms with Gasteiger partial charge < -0.3 is 15.5 Å². The van der Waals surface area contributed by atoms with Gasteiger partial charge in [0.2, 0.25) is 0 Å². The fourth-order valence-corrected chi connectivity index (χ4v) is 5.10. The van der Waals surface area contributed by atoms with E-state index in [1.807, 2.05) is 0 Å². The molecule has 3 aliphatic rings. The molecule has 3 atom stereocenters. The van der Waals surface area contributed by atoms with Crippen LogP contribution < -0.4 is 10.6 Å². The molecule has 0 aromatic rings. The van der Waals surface area contributed by atoms with E-state index in [0.29, 0.717) is 11.6 Å². The SMILES string of the molecule is CN(C)C1(CNC(=S)N[C@@H]2C[C@H]3CC[C@H]2C3)CCCCC1. The number of nitrogens with one attached hydrogen (secondary N) is 2. The predicted molar refractivity (Wildman–Crippen MR) is 92.5 cm³/mol. The standard InChI is InChI=1S/C17H31N3S/c1-20(2)17(8-4-3-5-9-17)12-18-16(21)19-15-11-13-6-7-14(15)10-13/h13-15H,3-12H2,1-2H3,(H2,18,19,21)/t13-,14-,15+/m0/s1. The van der Waals surface area contributed by atoms with Crippen LogP contribution in [0.4, 0.5) is 0 Å². The number of rotatable bonds is 4. The molecule has 0 spiro atoms. The summed E-state index contributed by atoms with van der Waals surface area (Å²) in [5, 5.41) is 8.04. The van der Waals surface area contributed by atoms with Crippen molar-refractivity contribution in [2.45, 2.75) is 69.4 Å². The Bertz CT molecular complexity index is 376. The first-order valence-corrected chi connectivity index (χ1v) is 9.22. The predicted octanol–water partition coefficient (Wildman–Crippen LogP) is 2.90. The third kappa shape index (κ3) is 3.37. The summed E-state index contributed by atoms with van der Waals surface area (Å²) in [4.78, 5) is 2.42. The molecule has 0 aromatic carbocycles. The van der Waals surface area contributed by atoms with Gasteiger partial charge in [-0.05, 0) is 70.3 Å². The molecule has 3 nitrogen and oxygen atoms in total. The fraction of sp³-hybridized carbons (Fsp3) is 0.941. The van der Waals surface area contributed by atoms with E-state index >= 15 is 0 Å². The van der Waals surface area contributed by atoms with Crippen molar-refractivity contribution in [2.75, 3.05) is 20.6 Å². The van der Waals surface area contributed by atoms with E-state index in [0.717, 1.165) is 23.5 Å². The van der Waals surface area contributed by atoms with Crippen LogP contribution in [-0.4, -0.2) is 42.2 Å². The highest BCUT2D eigenvalue weighted by Crippen LogP contribution is 2.44. The lowest BCUT2D eigenvalue weighted by Gasteiger charge is -2.43. The monoisotopic (exact) mass is 309 g/mol.